The zero-order chi connectivity index (χ0) is 12.1. The number of rotatable bonds is 5. The molecule has 0 radical (unpaired) electrons. The molecule has 1 aromatic carbocycles. The summed E-state index contributed by atoms with van der Waals surface area (Å²) in [6, 6.07) is 8.75. The van der Waals surface area contributed by atoms with Gasteiger partial charge in [-0.3, -0.25) is 0 Å². The van der Waals surface area contributed by atoms with Gasteiger partial charge >= 0.3 is 0 Å². The van der Waals surface area contributed by atoms with Gasteiger partial charge in [0.15, 0.2) is 5.11 Å². The molecule has 3 nitrogen and oxygen atoms in total. The van der Waals surface area contributed by atoms with Gasteiger partial charge in [0.05, 0.1) is 7.11 Å². The van der Waals surface area contributed by atoms with Crippen LogP contribution in [-0.4, -0.2) is 24.8 Å². The van der Waals surface area contributed by atoms with Crippen LogP contribution in [0.25, 0.3) is 0 Å². The SMILES string of the molecule is COc1ccc(CCNC(=S)NC2CC2)cc1. The molecule has 0 unspecified atom stereocenters. The van der Waals surface area contributed by atoms with Crippen LogP contribution in [0, 0.1) is 0 Å². The molecule has 1 saturated carbocycles. The van der Waals surface area contributed by atoms with Crippen LogP contribution in [0.1, 0.15) is 18.4 Å². The van der Waals surface area contributed by atoms with E-state index < -0.39 is 0 Å². The van der Waals surface area contributed by atoms with Crippen LogP contribution in [0.15, 0.2) is 24.3 Å². The van der Waals surface area contributed by atoms with Gasteiger partial charge in [-0.05, 0) is 49.2 Å². The molecule has 0 aliphatic heterocycles. The summed E-state index contributed by atoms with van der Waals surface area (Å²) >= 11 is 5.18. The zero-order valence-electron chi connectivity index (χ0n) is 10.0. The van der Waals surface area contributed by atoms with E-state index in [9.17, 15) is 0 Å². The molecule has 17 heavy (non-hydrogen) atoms. The van der Waals surface area contributed by atoms with Crippen LogP contribution < -0.4 is 15.4 Å². The second-order valence-electron chi connectivity index (χ2n) is 4.27. The number of thiocarbonyl (C=S) groups is 1. The van der Waals surface area contributed by atoms with E-state index in [4.69, 9.17) is 17.0 Å². The predicted molar refractivity (Wildman–Crippen MR) is 73.5 cm³/mol. The Morgan fingerprint density at radius 2 is 2.06 bits per heavy atom. The molecule has 0 spiro atoms. The van der Waals surface area contributed by atoms with Gasteiger partial charge in [0, 0.05) is 12.6 Å². The van der Waals surface area contributed by atoms with E-state index in [0.29, 0.717) is 6.04 Å². The molecule has 1 aliphatic rings. The first-order valence-electron chi connectivity index (χ1n) is 5.95. The highest BCUT2D eigenvalue weighted by Crippen LogP contribution is 2.18. The molecule has 0 atom stereocenters. The first kappa shape index (κ1) is 12.2. The largest absolute Gasteiger partial charge is 0.497 e. The molecule has 0 amide bonds. The van der Waals surface area contributed by atoms with Gasteiger partial charge in [-0.2, -0.15) is 0 Å². The lowest BCUT2D eigenvalue weighted by Gasteiger charge is -2.09. The molecule has 4 heteroatoms. The fourth-order valence-electron chi connectivity index (χ4n) is 1.58. The summed E-state index contributed by atoms with van der Waals surface area (Å²) in [4.78, 5) is 0. The van der Waals surface area contributed by atoms with E-state index in [2.05, 4.69) is 22.8 Å². The molecule has 1 aliphatic carbocycles. The van der Waals surface area contributed by atoms with Gasteiger partial charge in [-0.15, -0.1) is 0 Å². The Morgan fingerprint density at radius 3 is 2.65 bits per heavy atom. The van der Waals surface area contributed by atoms with Crippen molar-refractivity contribution in [3.63, 3.8) is 0 Å². The van der Waals surface area contributed by atoms with Crippen molar-refractivity contribution >= 4 is 17.3 Å². The van der Waals surface area contributed by atoms with Crippen molar-refractivity contribution in [2.75, 3.05) is 13.7 Å². The van der Waals surface area contributed by atoms with Crippen molar-refractivity contribution in [3.8, 4) is 5.75 Å². The van der Waals surface area contributed by atoms with Gasteiger partial charge in [0.25, 0.3) is 0 Å². The Balaban J connectivity index is 1.67. The molecule has 0 aromatic heterocycles. The van der Waals surface area contributed by atoms with Gasteiger partial charge in [0.2, 0.25) is 0 Å². The molecule has 0 saturated heterocycles. The van der Waals surface area contributed by atoms with Crippen LogP contribution >= 0.6 is 12.2 Å². The zero-order valence-corrected chi connectivity index (χ0v) is 10.8. The van der Waals surface area contributed by atoms with E-state index in [1.54, 1.807) is 7.11 Å². The second-order valence-corrected chi connectivity index (χ2v) is 4.68. The summed E-state index contributed by atoms with van der Waals surface area (Å²) in [7, 11) is 1.68. The minimum atomic E-state index is 0.621. The molecule has 2 rings (SSSR count). The molecule has 0 bridgehead atoms. The van der Waals surface area contributed by atoms with Crippen LogP contribution in [0.2, 0.25) is 0 Å². The number of ether oxygens (including phenoxy) is 1. The molecule has 0 heterocycles. The number of benzene rings is 1. The highest BCUT2D eigenvalue weighted by Gasteiger charge is 2.21. The highest BCUT2D eigenvalue weighted by atomic mass is 32.1. The second kappa shape index (κ2) is 5.87. The number of hydrogen-bond acceptors (Lipinski definition) is 2. The third-order valence-electron chi connectivity index (χ3n) is 2.77. The average Bonchev–Trinajstić information content (AvgIpc) is 3.14. The Morgan fingerprint density at radius 1 is 1.35 bits per heavy atom. The first-order valence-corrected chi connectivity index (χ1v) is 6.36. The summed E-state index contributed by atoms with van der Waals surface area (Å²) in [5.41, 5.74) is 1.28. The molecular formula is C13H18N2OS. The lowest BCUT2D eigenvalue weighted by Crippen LogP contribution is -2.37. The normalized spacial score (nSPS) is 14.2. The Hall–Kier alpha value is -1.29. The Bertz CT molecular complexity index is 374. The van der Waals surface area contributed by atoms with Gasteiger partial charge < -0.3 is 15.4 Å². The third-order valence-corrected chi connectivity index (χ3v) is 3.03. The van der Waals surface area contributed by atoms with Crippen LogP contribution in [-0.2, 0) is 6.42 Å². The lowest BCUT2D eigenvalue weighted by atomic mass is 10.1. The molecule has 92 valence electrons. The summed E-state index contributed by atoms with van der Waals surface area (Å²) in [6.45, 7) is 0.866. The maximum atomic E-state index is 5.18. The van der Waals surface area contributed by atoms with E-state index in [1.807, 2.05) is 12.1 Å². The number of hydrogen-bond donors (Lipinski definition) is 2. The average molecular weight is 250 g/mol. The van der Waals surface area contributed by atoms with Crippen LogP contribution in [0.5, 0.6) is 5.75 Å². The maximum absolute atomic E-state index is 5.18. The number of nitrogens with one attached hydrogen (secondary N) is 2. The molecule has 1 fully saturated rings. The fraction of sp³-hybridized carbons (Fsp3) is 0.462. The minimum Gasteiger partial charge on any atom is -0.497 e. The predicted octanol–water partition coefficient (Wildman–Crippen LogP) is 1.86. The topological polar surface area (TPSA) is 33.3 Å². The number of methoxy groups -OCH3 is 1. The van der Waals surface area contributed by atoms with Crippen molar-refractivity contribution < 1.29 is 4.74 Å². The van der Waals surface area contributed by atoms with Crippen molar-refractivity contribution in [1.29, 1.82) is 0 Å². The smallest absolute Gasteiger partial charge is 0.166 e. The monoisotopic (exact) mass is 250 g/mol. The first-order chi connectivity index (χ1) is 8.28. The van der Waals surface area contributed by atoms with Crippen molar-refractivity contribution in [2.24, 2.45) is 0 Å². The van der Waals surface area contributed by atoms with E-state index >= 15 is 0 Å². The highest BCUT2D eigenvalue weighted by molar-refractivity contribution is 7.80. The van der Waals surface area contributed by atoms with Crippen molar-refractivity contribution in [2.45, 2.75) is 25.3 Å². The van der Waals surface area contributed by atoms with Gasteiger partial charge in [-0.25, -0.2) is 0 Å². The summed E-state index contributed by atoms with van der Waals surface area (Å²) in [6.07, 6.45) is 3.47. The van der Waals surface area contributed by atoms with E-state index in [-0.39, 0.29) is 0 Å². The molecule has 1 aromatic rings. The van der Waals surface area contributed by atoms with E-state index in [1.165, 1.54) is 18.4 Å². The van der Waals surface area contributed by atoms with Gasteiger partial charge in [-0.1, -0.05) is 12.1 Å². The Labute approximate surface area is 108 Å². The minimum absolute atomic E-state index is 0.621. The fourth-order valence-corrected chi connectivity index (χ4v) is 1.85. The maximum Gasteiger partial charge on any atom is 0.166 e. The standard InChI is InChI=1S/C13H18N2OS/c1-16-12-6-2-10(3-7-12)8-9-14-13(17)15-11-4-5-11/h2-3,6-7,11H,4-5,8-9H2,1H3,(H2,14,15,17). The van der Waals surface area contributed by atoms with Gasteiger partial charge in [0.1, 0.15) is 5.75 Å². The van der Waals surface area contributed by atoms with Crippen molar-refractivity contribution in [1.82, 2.24) is 10.6 Å². The third kappa shape index (κ3) is 4.23. The summed E-state index contributed by atoms with van der Waals surface area (Å²) < 4.78 is 5.12. The van der Waals surface area contributed by atoms with Crippen molar-refractivity contribution in [3.05, 3.63) is 29.8 Å². The molecular weight excluding hydrogens is 232 g/mol. The summed E-state index contributed by atoms with van der Waals surface area (Å²) in [5.74, 6) is 0.896. The van der Waals surface area contributed by atoms with Crippen LogP contribution in [0.3, 0.4) is 0 Å². The summed E-state index contributed by atoms with van der Waals surface area (Å²) in [5, 5.41) is 7.26. The van der Waals surface area contributed by atoms with E-state index in [0.717, 1.165) is 23.8 Å². The van der Waals surface area contributed by atoms with Crippen LogP contribution in [0.4, 0.5) is 0 Å². The quantitative estimate of drug-likeness (QED) is 0.782. The Kier molecular flexibility index (Phi) is 4.20. The molecule has 2 N–H and O–H groups in total. The lowest BCUT2D eigenvalue weighted by molar-refractivity contribution is 0.414.